The number of hydrogen-bond acceptors (Lipinski definition) is 2. The van der Waals surface area contributed by atoms with E-state index in [4.69, 9.17) is 4.42 Å². The number of nitrogens with one attached hydrogen (secondary N) is 1. The van der Waals surface area contributed by atoms with Crippen LogP contribution in [0.3, 0.4) is 0 Å². The summed E-state index contributed by atoms with van der Waals surface area (Å²) in [5.74, 6) is 0.960. The number of para-hydroxylation sites is 1. The van der Waals surface area contributed by atoms with Crippen LogP contribution < -0.4 is 5.32 Å². The second-order valence-electron chi connectivity index (χ2n) is 6.67. The van der Waals surface area contributed by atoms with Crippen LogP contribution in [-0.4, -0.2) is 11.9 Å². The summed E-state index contributed by atoms with van der Waals surface area (Å²) < 4.78 is 6.08. The summed E-state index contributed by atoms with van der Waals surface area (Å²) in [6, 6.07) is 10.3. The minimum atomic E-state index is 0.0862. The van der Waals surface area contributed by atoms with E-state index in [2.05, 4.69) is 31.3 Å². The van der Waals surface area contributed by atoms with E-state index in [1.807, 2.05) is 18.2 Å². The van der Waals surface area contributed by atoms with Gasteiger partial charge in [0.05, 0.1) is 6.04 Å². The monoisotopic (exact) mass is 325 g/mol. The average molecular weight is 325 g/mol. The standard InChI is InChI=1S/C21H27NO2/c1-3-5-7-11-16(20-17(12-6-4-2)22-21(20)23)19-14-15-10-8-9-13-18(15)24-19/h8-10,13-14,17H,3-7,11-12H2,1-2H3,(H,22,23)/b20-16+. The summed E-state index contributed by atoms with van der Waals surface area (Å²) in [5, 5.41) is 4.17. The number of carbonyl (C=O) groups excluding carboxylic acids is 1. The first-order chi connectivity index (χ1) is 11.7. The average Bonchev–Trinajstić information content (AvgIpc) is 3.01. The van der Waals surface area contributed by atoms with Gasteiger partial charge in [-0.05, 0) is 31.4 Å². The van der Waals surface area contributed by atoms with Crippen molar-refractivity contribution in [1.29, 1.82) is 0 Å². The van der Waals surface area contributed by atoms with Crippen molar-refractivity contribution in [1.82, 2.24) is 5.32 Å². The van der Waals surface area contributed by atoms with E-state index in [-0.39, 0.29) is 11.9 Å². The lowest BCUT2D eigenvalue weighted by atomic mass is 9.86. The quantitative estimate of drug-likeness (QED) is 0.398. The first kappa shape index (κ1) is 16.8. The maximum absolute atomic E-state index is 12.3. The highest BCUT2D eigenvalue weighted by molar-refractivity contribution is 6.08. The molecule has 1 fully saturated rings. The van der Waals surface area contributed by atoms with E-state index in [1.54, 1.807) is 0 Å². The molecule has 1 saturated heterocycles. The Hall–Kier alpha value is -2.03. The molecule has 0 bridgehead atoms. The van der Waals surface area contributed by atoms with Gasteiger partial charge in [0.1, 0.15) is 11.3 Å². The summed E-state index contributed by atoms with van der Waals surface area (Å²) in [6.45, 7) is 4.39. The van der Waals surface area contributed by atoms with E-state index >= 15 is 0 Å². The molecule has 2 aromatic rings. The number of carbonyl (C=O) groups is 1. The molecule has 1 aliphatic heterocycles. The number of rotatable bonds is 8. The summed E-state index contributed by atoms with van der Waals surface area (Å²) >= 11 is 0. The Labute approximate surface area is 144 Å². The Bertz CT molecular complexity index is 708. The molecule has 0 aliphatic carbocycles. The number of unbranched alkanes of at least 4 members (excludes halogenated alkanes) is 3. The molecular weight excluding hydrogens is 298 g/mol. The van der Waals surface area contributed by atoms with Crippen LogP contribution in [0.1, 0.15) is 64.6 Å². The van der Waals surface area contributed by atoms with E-state index in [0.717, 1.165) is 60.0 Å². The second-order valence-corrected chi connectivity index (χ2v) is 6.67. The SMILES string of the molecule is CCCCC/C(=C1\C(=O)NC1CCCC)c1cc2ccccc2o1. The fourth-order valence-electron chi connectivity index (χ4n) is 3.43. The van der Waals surface area contributed by atoms with Crippen LogP contribution in [0.15, 0.2) is 40.3 Å². The third-order valence-corrected chi connectivity index (χ3v) is 4.82. The van der Waals surface area contributed by atoms with Gasteiger partial charge in [0, 0.05) is 16.5 Å². The number of allylic oxidation sites excluding steroid dienone is 1. The predicted octanol–water partition coefficient (Wildman–Crippen LogP) is 5.46. The van der Waals surface area contributed by atoms with Crippen LogP contribution in [0.4, 0.5) is 0 Å². The lowest BCUT2D eigenvalue weighted by molar-refractivity contribution is -0.122. The lowest BCUT2D eigenvalue weighted by Gasteiger charge is -2.33. The number of amides is 1. The lowest BCUT2D eigenvalue weighted by Crippen LogP contribution is -2.52. The molecule has 3 rings (SSSR count). The fraction of sp³-hybridized carbons (Fsp3) is 0.476. The van der Waals surface area contributed by atoms with Gasteiger partial charge in [-0.3, -0.25) is 4.79 Å². The predicted molar refractivity (Wildman–Crippen MR) is 98.7 cm³/mol. The third-order valence-electron chi connectivity index (χ3n) is 4.82. The van der Waals surface area contributed by atoms with Gasteiger partial charge >= 0.3 is 0 Å². The van der Waals surface area contributed by atoms with Gasteiger partial charge in [-0.2, -0.15) is 0 Å². The van der Waals surface area contributed by atoms with Crippen molar-refractivity contribution in [2.24, 2.45) is 0 Å². The molecular formula is C21H27NO2. The molecule has 3 heteroatoms. The van der Waals surface area contributed by atoms with Gasteiger partial charge in [0.15, 0.2) is 0 Å². The number of hydrogen-bond donors (Lipinski definition) is 1. The number of benzene rings is 1. The van der Waals surface area contributed by atoms with Gasteiger partial charge in [0.2, 0.25) is 5.91 Å². The summed E-state index contributed by atoms with van der Waals surface area (Å²) in [6.07, 6.45) is 7.67. The maximum Gasteiger partial charge on any atom is 0.250 e. The van der Waals surface area contributed by atoms with Crippen molar-refractivity contribution in [3.63, 3.8) is 0 Å². The van der Waals surface area contributed by atoms with Crippen LogP contribution in [0.5, 0.6) is 0 Å². The Morgan fingerprint density at radius 2 is 1.92 bits per heavy atom. The third kappa shape index (κ3) is 3.40. The summed E-state index contributed by atoms with van der Waals surface area (Å²) in [4.78, 5) is 12.3. The zero-order valence-corrected chi connectivity index (χ0v) is 14.7. The molecule has 1 unspecified atom stereocenters. The number of furan rings is 1. The van der Waals surface area contributed by atoms with E-state index in [9.17, 15) is 4.79 Å². The van der Waals surface area contributed by atoms with Gasteiger partial charge in [-0.15, -0.1) is 0 Å². The van der Waals surface area contributed by atoms with Crippen LogP contribution in [0.25, 0.3) is 16.5 Å². The van der Waals surface area contributed by atoms with Crippen molar-refractivity contribution in [2.45, 2.75) is 64.8 Å². The molecule has 1 aromatic carbocycles. The van der Waals surface area contributed by atoms with Crippen LogP contribution in [0.2, 0.25) is 0 Å². The van der Waals surface area contributed by atoms with Crippen LogP contribution >= 0.6 is 0 Å². The molecule has 0 radical (unpaired) electrons. The highest BCUT2D eigenvalue weighted by Crippen LogP contribution is 2.35. The number of β-lactam (4-membered cyclic amide) rings is 1. The van der Waals surface area contributed by atoms with Crippen LogP contribution in [-0.2, 0) is 4.79 Å². The molecule has 0 spiro atoms. The van der Waals surface area contributed by atoms with Crippen molar-refractivity contribution >= 4 is 22.4 Å². The first-order valence-electron chi connectivity index (χ1n) is 9.27. The molecule has 1 N–H and O–H groups in total. The first-order valence-corrected chi connectivity index (χ1v) is 9.27. The van der Waals surface area contributed by atoms with Crippen molar-refractivity contribution < 1.29 is 9.21 Å². The van der Waals surface area contributed by atoms with Gasteiger partial charge < -0.3 is 9.73 Å². The molecule has 3 nitrogen and oxygen atoms in total. The fourth-order valence-corrected chi connectivity index (χ4v) is 3.43. The van der Waals surface area contributed by atoms with Gasteiger partial charge in [-0.25, -0.2) is 0 Å². The largest absolute Gasteiger partial charge is 0.456 e. The van der Waals surface area contributed by atoms with Crippen LogP contribution in [0, 0.1) is 0 Å². The minimum absolute atomic E-state index is 0.0862. The molecule has 0 saturated carbocycles. The van der Waals surface area contributed by atoms with E-state index in [0.29, 0.717) is 0 Å². The summed E-state index contributed by atoms with van der Waals surface area (Å²) in [7, 11) is 0. The highest BCUT2D eigenvalue weighted by atomic mass is 16.3. The zero-order chi connectivity index (χ0) is 16.9. The molecule has 1 atom stereocenters. The molecule has 24 heavy (non-hydrogen) atoms. The van der Waals surface area contributed by atoms with E-state index < -0.39 is 0 Å². The van der Waals surface area contributed by atoms with Gasteiger partial charge in [-0.1, -0.05) is 57.7 Å². The topological polar surface area (TPSA) is 42.2 Å². The number of fused-ring (bicyclic) bond motifs is 1. The molecule has 2 heterocycles. The van der Waals surface area contributed by atoms with Crippen molar-refractivity contribution in [3.8, 4) is 0 Å². The maximum atomic E-state index is 12.3. The Kier molecular flexibility index (Phi) is 5.39. The summed E-state index contributed by atoms with van der Waals surface area (Å²) in [5.41, 5.74) is 2.97. The molecule has 1 amide bonds. The smallest absolute Gasteiger partial charge is 0.250 e. The highest BCUT2D eigenvalue weighted by Gasteiger charge is 2.35. The van der Waals surface area contributed by atoms with Gasteiger partial charge in [0.25, 0.3) is 0 Å². The Morgan fingerprint density at radius 3 is 2.62 bits per heavy atom. The Morgan fingerprint density at radius 1 is 1.12 bits per heavy atom. The van der Waals surface area contributed by atoms with Crippen molar-refractivity contribution in [3.05, 3.63) is 41.7 Å². The second kappa shape index (κ2) is 7.69. The zero-order valence-electron chi connectivity index (χ0n) is 14.7. The molecule has 1 aromatic heterocycles. The van der Waals surface area contributed by atoms with Crippen molar-refractivity contribution in [2.75, 3.05) is 0 Å². The minimum Gasteiger partial charge on any atom is -0.456 e. The molecule has 1 aliphatic rings. The Balaban J connectivity index is 1.95. The molecule has 128 valence electrons. The van der Waals surface area contributed by atoms with E-state index in [1.165, 1.54) is 12.8 Å². The normalized spacial score (nSPS) is 19.2.